The Bertz CT molecular complexity index is 970. The summed E-state index contributed by atoms with van der Waals surface area (Å²) in [5.74, 6) is -0.768. The lowest BCUT2D eigenvalue weighted by molar-refractivity contribution is -0.125. The molecule has 1 amide bonds. The standard InChI is InChI=1S/C20H18N2O4/c1-12(19(21)23)26-20(24)16-11-18(13-6-4-3-5-7-13)22-17-9-8-14(25-2)10-15(16)17/h3-12H,1-2H3,(H2,21,23)/t12-/m1/s1. The van der Waals surface area contributed by atoms with Crippen molar-refractivity contribution < 1.29 is 19.1 Å². The molecule has 26 heavy (non-hydrogen) atoms. The molecule has 0 bridgehead atoms. The molecule has 6 nitrogen and oxygen atoms in total. The minimum Gasteiger partial charge on any atom is -0.497 e. The highest BCUT2D eigenvalue weighted by Gasteiger charge is 2.20. The van der Waals surface area contributed by atoms with Gasteiger partial charge in [-0.25, -0.2) is 9.78 Å². The van der Waals surface area contributed by atoms with Crippen molar-refractivity contribution in [3.8, 4) is 17.0 Å². The summed E-state index contributed by atoms with van der Waals surface area (Å²) in [7, 11) is 1.54. The first-order chi connectivity index (χ1) is 12.5. The number of hydrogen-bond donors (Lipinski definition) is 1. The summed E-state index contributed by atoms with van der Waals surface area (Å²) in [6.07, 6.45) is -1.03. The predicted octanol–water partition coefficient (Wildman–Crippen LogP) is 2.94. The van der Waals surface area contributed by atoms with E-state index in [0.717, 1.165) is 5.56 Å². The van der Waals surface area contributed by atoms with Crippen LogP contribution in [0.15, 0.2) is 54.6 Å². The molecule has 132 valence electrons. The molecule has 3 aromatic rings. The minimum atomic E-state index is -1.03. The molecule has 1 atom stereocenters. The van der Waals surface area contributed by atoms with Crippen LogP contribution in [0.4, 0.5) is 0 Å². The van der Waals surface area contributed by atoms with Crippen LogP contribution in [-0.2, 0) is 9.53 Å². The second kappa shape index (κ2) is 7.23. The number of nitrogens with zero attached hydrogens (tertiary/aromatic N) is 1. The summed E-state index contributed by atoms with van der Waals surface area (Å²) >= 11 is 0. The van der Waals surface area contributed by atoms with Gasteiger partial charge >= 0.3 is 5.97 Å². The third-order valence-electron chi connectivity index (χ3n) is 3.99. The van der Waals surface area contributed by atoms with Crippen molar-refractivity contribution in [1.29, 1.82) is 0 Å². The molecule has 3 rings (SSSR count). The molecule has 0 saturated carbocycles. The molecule has 2 N–H and O–H groups in total. The first kappa shape index (κ1) is 17.4. The van der Waals surface area contributed by atoms with E-state index in [9.17, 15) is 9.59 Å². The van der Waals surface area contributed by atoms with Gasteiger partial charge in [0.25, 0.3) is 5.91 Å². The Hall–Kier alpha value is -3.41. The fourth-order valence-corrected chi connectivity index (χ4v) is 2.54. The van der Waals surface area contributed by atoms with Crippen LogP contribution in [0, 0.1) is 0 Å². The Morgan fingerprint density at radius 1 is 1.08 bits per heavy atom. The molecule has 0 aliphatic carbocycles. The highest BCUT2D eigenvalue weighted by atomic mass is 16.5. The number of esters is 1. The van der Waals surface area contributed by atoms with E-state index in [1.165, 1.54) is 6.92 Å². The maximum atomic E-state index is 12.7. The van der Waals surface area contributed by atoms with Crippen molar-refractivity contribution in [2.45, 2.75) is 13.0 Å². The molecule has 0 unspecified atom stereocenters. The number of primary amides is 1. The van der Waals surface area contributed by atoms with Gasteiger partial charge in [-0.1, -0.05) is 30.3 Å². The molecular weight excluding hydrogens is 332 g/mol. The second-order valence-electron chi connectivity index (χ2n) is 5.75. The van der Waals surface area contributed by atoms with Crippen LogP contribution in [0.25, 0.3) is 22.2 Å². The zero-order chi connectivity index (χ0) is 18.7. The van der Waals surface area contributed by atoms with Crippen LogP contribution in [-0.4, -0.2) is 30.1 Å². The third kappa shape index (κ3) is 3.49. The molecule has 6 heteroatoms. The van der Waals surface area contributed by atoms with Crippen LogP contribution in [0.5, 0.6) is 5.75 Å². The van der Waals surface area contributed by atoms with E-state index in [1.807, 2.05) is 30.3 Å². The van der Waals surface area contributed by atoms with E-state index in [2.05, 4.69) is 4.98 Å². The number of methoxy groups -OCH3 is 1. The van der Waals surface area contributed by atoms with Crippen LogP contribution in [0.3, 0.4) is 0 Å². The molecular formula is C20H18N2O4. The largest absolute Gasteiger partial charge is 0.497 e. The number of hydrogen-bond acceptors (Lipinski definition) is 5. The summed E-state index contributed by atoms with van der Waals surface area (Å²) in [6.45, 7) is 1.43. The van der Waals surface area contributed by atoms with Gasteiger partial charge in [0.05, 0.1) is 23.9 Å². The highest BCUT2D eigenvalue weighted by molar-refractivity contribution is 6.05. The van der Waals surface area contributed by atoms with Crippen LogP contribution in [0.1, 0.15) is 17.3 Å². The average Bonchev–Trinajstić information content (AvgIpc) is 2.67. The number of fused-ring (bicyclic) bond motifs is 1. The predicted molar refractivity (Wildman–Crippen MR) is 97.8 cm³/mol. The number of benzene rings is 2. The molecule has 0 aliphatic heterocycles. The maximum absolute atomic E-state index is 12.7. The number of aromatic nitrogens is 1. The van der Waals surface area contributed by atoms with Crippen LogP contribution < -0.4 is 10.5 Å². The van der Waals surface area contributed by atoms with Crippen molar-refractivity contribution >= 4 is 22.8 Å². The lowest BCUT2D eigenvalue weighted by Gasteiger charge is -2.13. The zero-order valence-electron chi connectivity index (χ0n) is 14.4. The smallest absolute Gasteiger partial charge is 0.339 e. The monoisotopic (exact) mass is 350 g/mol. The summed E-state index contributed by atoms with van der Waals surface area (Å²) in [5, 5.41) is 0.575. The Morgan fingerprint density at radius 3 is 2.46 bits per heavy atom. The average molecular weight is 350 g/mol. The Labute approximate surface area is 150 Å². The van der Waals surface area contributed by atoms with Gasteiger partial charge < -0.3 is 15.2 Å². The van der Waals surface area contributed by atoms with Gasteiger partial charge in [-0.05, 0) is 31.2 Å². The summed E-state index contributed by atoms with van der Waals surface area (Å²) in [6, 6.07) is 16.4. The highest BCUT2D eigenvalue weighted by Crippen LogP contribution is 2.28. The molecule has 0 radical (unpaired) electrons. The number of carbonyl (C=O) groups excluding carboxylic acids is 2. The van der Waals surface area contributed by atoms with Gasteiger partial charge in [0, 0.05) is 10.9 Å². The van der Waals surface area contributed by atoms with Crippen molar-refractivity contribution in [3.05, 3.63) is 60.2 Å². The third-order valence-corrected chi connectivity index (χ3v) is 3.99. The molecule has 0 spiro atoms. The van der Waals surface area contributed by atoms with Crippen molar-refractivity contribution in [1.82, 2.24) is 4.98 Å². The van der Waals surface area contributed by atoms with E-state index in [0.29, 0.717) is 27.9 Å². The minimum absolute atomic E-state index is 0.292. The first-order valence-corrected chi connectivity index (χ1v) is 8.04. The maximum Gasteiger partial charge on any atom is 0.339 e. The summed E-state index contributed by atoms with van der Waals surface area (Å²) in [4.78, 5) is 28.5. The number of rotatable bonds is 5. The lowest BCUT2D eigenvalue weighted by atomic mass is 10.0. The van der Waals surface area contributed by atoms with Gasteiger partial charge in [-0.3, -0.25) is 4.79 Å². The second-order valence-corrected chi connectivity index (χ2v) is 5.75. The van der Waals surface area contributed by atoms with Gasteiger partial charge in [0.15, 0.2) is 6.10 Å². The number of carbonyl (C=O) groups is 2. The molecule has 2 aromatic carbocycles. The lowest BCUT2D eigenvalue weighted by Crippen LogP contribution is -2.30. The van der Waals surface area contributed by atoms with E-state index < -0.39 is 18.0 Å². The van der Waals surface area contributed by atoms with Crippen molar-refractivity contribution in [2.75, 3.05) is 7.11 Å². The Morgan fingerprint density at radius 2 is 1.81 bits per heavy atom. The van der Waals surface area contributed by atoms with Gasteiger partial charge in [0.1, 0.15) is 5.75 Å². The van der Waals surface area contributed by atoms with Gasteiger partial charge in [0.2, 0.25) is 0 Å². The molecule has 0 fully saturated rings. The van der Waals surface area contributed by atoms with Crippen molar-refractivity contribution in [2.24, 2.45) is 5.73 Å². The number of pyridine rings is 1. The number of ether oxygens (including phenoxy) is 2. The number of amides is 1. The van der Waals surface area contributed by atoms with E-state index in [-0.39, 0.29) is 0 Å². The summed E-state index contributed by atoms with van der Waals surface area (Å²) < 4.78 is 10.4. The Kier molecular flexibility index (Phi) is 4.84. The molecule has 0 saturated heterocycles. The normalized spacial score (nSPS) is 11.8. The van der Waals surface area contributed by atoms with Crippen LogP contribution >= 0.6 is 0 Å². The summed E-state index contributed by atoms with van der Waals surface area (Å²) in [5.41, 5.74) is 7.59. The first-order valence-electron chi connectivity index (χ1n) is 8.04. The number of nitrogens with two attached hydrogens (primary N) is 1. The van der Waals surface area contributed by atoms with Gasteiger partial charge in [-0.15, -0.1) is 0 Å². The SMILES string of the molecule is COc1ccc2nc(-c3ccccc3)cc(C(=O)O[C@H](C)C(N)=O)c2c1. The van der Waals surface area contributed by atoms with E-state index in [1.54, 1.807) is 31.4 Å². The van der Waals surface area contributed by atoms with Gasteiger partial charge in [-0.2, -0.15) is 0 Å². The fraction of sp³-hybridized carbons (Fsp3) is 0.150. The molecule has 1 aromatic heterocycles. The quantitative estimate of drug-likeness (QED) is 0.714. The zero-order valence-corrected chi connectivity index (χ0v) is 14.4. The fourth-order valence-electron chi connectivity index (χ4n) is 2.54. The van der Waals surface area contributed by atoms with Crippen LogP contribution in [0.2, 0.25) is 0 Å². The van der Waals surface area contributed by atoms with Crippen molar-refractivity contribution in [3.63, 3.8) is 0 Å². The molecule has 1 heterocycles. The van der Waals surface area contributed by atoms with E-state index in [4.69, 9.17) is 15.2 Å². The Balaban J connectivity index is 2.16. The topological polar surface area (TPSA) is 91.5 Å². The molecule has 0 aliphatic rings. The van der Waals surface area contributed by atoms with E-state index >= 15 is 0 Å².